The molecule has 16 heavy (non-hydrogen) atoms. The van der Waals surface area contributed by atoms with Gasteiger partial charge in [-0.05, 0) is 18.4 Å². The maximum absolute atomic E-state index is 5.39. The molecule has 2 N–H and O–H groups in total. The Morgan fingerprint density at radius 2 is 2.38 bits per heavy atom. The van der Waals surface area contributed by atoms with Crippen molar-refractivity contribution in [2.24, 2.45) is 0 Å². The fourth-order valence-electron chi connectivity index (χ4n) is 1.41. The number of hydrogen-bond acceptors (Lipinski definition) is 6. The van der Waals surface area contributed by atoms with Crippen LogP contribution in [0.25, 0.3) is 0 Å². The molecule has 86 valence electrons. The predicted molar refractivity (Wildman–Crippen MR) is 64.6 cm³/mol. The van der Waals surface area contributed by atoms with Gasteiger partial charge in [-0.3, -0.25) is 0 Å². The second-order valence-electron chi connectivity index (χ2n) is 3.67. The van der Waals surface area contributed by atoms with Gasteiger partial charge < -0.3 is 15.1 Å². The van der Waals surface area contributed by atoms with Crippen molar-refractivity contribution in [2.75, 3.05) is 17.7 Å². The van der Waals surface area contributed by atoms with Crippen molar-refractivity contribution in [2.45, 2.75) is 19.4 Å². The largest absolute Gasteiger partial charge is 0.390 e. The molecule has 0 saturated carbocycles. The second-order valence-corrected chi connectivity index (χ2v) is 4.70. The van der Waals surface area contributed by atoms with E-state index in [2.05, 4.69) is 34.6 Å². The van der Waals surface area contributed by atoms with Crippen molar-refractivity contribution >= 4 is 23.4 Å². The molecule has 0 saturated heterocycles. The first kappa shape index (κ1) is 10.9. The lowest BCUT2D eigenvalue weighted by atomic mass is 10.2. The summed E-state index contributed by atoms with van der Waals surface area (Å²) in [7, 11) is 1.92. The lowest BCUT2D eigenvalue weighted by molar-refractivity contribution is 0.532. The van der Waals surface area contributed by atoms with E-state index in [4.69, 9.17) is 10.2 Å². The highest BCUT2D eigenvalue weighted by Gasteiger charge is 2.16. The van der Waals surface area contributed by atoms with E-state index in [1.165, 1.54) is 4.88 Å². The van der Waals surface area contributed by atoms with Crippen LogP contribution in [0.3, 0.4) is 0 Å². The summed E-state index contributed by atoms with van der Waals surface area (Å²) in [5, 5.41) is 9.57. The van der Waals surface area contributed by atoms with Crippen LogP contribution in [0.5, 0.6) is 0 Å². The maximum atomic E-state index is 5.39. The Labute approximate surface area is 97.9 Å². The Hall–Kier alpha value is -1.56. The summed E-state index contributed by atoms with van der Waals surface area (Å²) in [5.74, 6) is 0. The molecule has 0 fully saturated rings. The molecular weight excluding hydrogens is 224 g/mol. The molecule has 5 nitrogen and oxygen atoms in total. The van der Waals surface area contributed by atoms with Crippen molar-refractivity contribution in [1.29, 1.82) is 0 Å². The van der Waals surface area contributed by atoms with Crippen molar-refractivity contribution in [3.8, 4) is 0 Å². The van der Waals surface area contributed by atoms with Gasteiger partial charge in [0.15, 0.2) is 0 Å². The standard InChI is InChI=1S/C10H14N4OS/c1-7(6-8-4-3-5-16-8)14(2)10-13-12-9(11)15-10/h3-5,7H,6H2,1-2H3,(H2,11,12). The molecule has 0 spiro atoms. The maximum Gasteiger partial charge on any atom is 0.319 e. The Kier molecular flexibility index (Phi) is 3.09. The van der Waals surface area contributed by atoms with E-state index in [-0.39, 0.29) is 6.01 Å². The van der Waals surface area contributed by atoms with Gasteiger partial charge in [-0.25, -0.2) is 0 Å². The summed E-state index contributed by atoms with van der Waals surface area (Å²) < 4.78 is 5.17. The lowest BCUT2D eigenvalue weighted by Gasteiger charge is -2.21. The van der Waals surface area contributed by atoms with E-state index in [0.717, 1.165) is 6.42 Å². The van der Waals surface area contributed by atoms with E-state index < -0.39 is 0 Å². The second kappa shape index (κ2) is 4.52. The molecule has 2 aromatic rings. The van der Waals surface area contributed by atoms with Gasteiger partial charge in [0.25, 0.3) is 0 Å². The highest BCUT2D eigenvalue weighted by molar-refractivity contribution is 7.09. The number of aromatic nitrogens is 2. The molecule has 0 aliphatic rings. The summed E-state index contributed by atoms with van der Waals surface area (Å²) in [6, 6.07) is 5.03. The number of nitrogens with two attached hydrogens (primary N) is 1. The molecule has 1 unspecified atom stereocenters. The van der Waals surface area contributed by atoms with Gasteiger partial charge in [-0.15, -0.1) is 11.3 Å². The van der Waals surface area contributed by atoms with Crippen LogP contribution < -0.4 is 10.6 Å². The van der Waals surface area contributed by atoms with Crippen molar-refractivity contribution in [1.82, 2.24) is 10.2 Å². The molecular formula is C10H14N4OS. The molecule has 2 heterocycles. The topological polar surface area (TPSA) is 68.2 Å². The van der Waals surface area contributed by atoms with Crippen LogP contribution in [-0.4, -0.2) is 23.3 Å². The summed E-state index contributed by atoms with van der Waals surface area (Å²) in [5.41, 5.74) is 5.39. The van der Waals surface area contributed by atoms with Crippen LogP contribution in [0.15, 0.2) is 21.9 Å². The Morgan fingerprint density at radius 1 is 1.56 bits per heavy atom. The number of nitrogens with zero attached hydrogens (tertiary/aromatic N) is 3. The van der Waals surface area contributed by atoms with E-state index >= 15 is 0 Å². The van der Waals surface area contributed by atoms with Crippen LogP contribution in [0, 0.1) is 0 Å². The number of nitrogen functional groups attached to an aromatic ring is 1. The van der Waals surface area contributed by atoms with Gasteiger partial charge >= 0.3 is 12.0 Å². The van der Waals surface area contributed by atoms with Crippen LogP contribution in [0.1, 0.15) is 11.8 Å². The van der Waals surface area contributed by atoms with Gasteiger partial charge in [0.1, 0.15) is 0 Å². The Balaban J connectivity index is 2.02. The fourth-order valence-corrected chi connectivity index (χ4v) is 2.24. The number of hydrogen-bond donors (Lipinski definition) is 1. The van der Waals surface area contributed by atoms with Gasteiger partial charge in [-0.1, -0.05) is 16.3 Å². The number of thiophene rings is 1. The molecule has 0 amide bonds. The van der Waals surface area contributed by atoms with Crippen molar-refractivity contribution in [3.63, 3.8) is 0 Å². The number of likely N-dealkylation sites (N-methyl/N-ethyl adjacent to an activating group) is 1. The van der Waals surface area contributed by atoms with Gasteiger partial charge in [0, 0.05) is 24.4 Å². The zero-order chi connectivity index (χ0) is 11.5. The Bertz CT molecular complexity index is 439. The molecule has 0 aliphatic carbocycles. The summed E-state index contributed by atoms with van der Waals surface area (Å²) in [6.45, 7) is 2.11. The van der Waals surface area contributed by atoms with E-state index in [1.807, 2.05) is 11.9 Å². The van der Waals surface area contributed by atoms with E-state index in [0.29, 0.717) is 12.1 Å². The summed E-state index contributed by atoms with van der Waals surface area (Å²) >= 11 is 1.75. The van der Waals surface area contributed by atoms with Gasteiger partial charge in [-0.2, -0.15) is 0 Å². The minimum Gasteiger partial charge on any atom is -0.390 e. The van der Waals surface area contributed by atoms with Gasteiger partial charge in [0.05, 0.1) is 0 Å². The smallest absolute Gasteiger partial charge is 0.319 e. The SMILES string of the molecule is CC(Cc1cccs1)N(C)c1nnc(N)o1. The van der Waals surface area contributed by atoms with Crippen LogP contribution in [-0.2, 0) is 6.42 Å². The first-order valence-corrected chi connectivity index (χ1v) is 5.89. The van der Waals surface area contributed by atoms with Crippen LogP contribution in [0.4, 0.5) is 12.0 Å². The van der Waals surface area contributed by atoms with Crippen molar-refractivity contribution < 1.29 is 4.42 Å². The normalized spacial score (nSPS) is 12.6. The zero-order valence-electron chi connectivity index (χ0n) is 9.25. The third-order valence-electron chi connectivity index (χ3n) is 2.47. The minimum absolute atomic E-state index is 0.102. The Morgan fingerprint density at radius 3 is 2.94 bits per heavy atom. The first-order valence-electron chi connectivity index (χ1n) is 5.01. The average molecular weight is 238 g/mol. The molecule has 1 atom stereocenters. The quantitative estimate of drug-likeness (QED) is 0.879. The van der Waals surface area contributed by atoms with E-state index in [9.17, 15) is 0 Å². The number of rotatable bonds is 4. The summed E-state index contributed by atoms with van der Waals surface area (Å²) in [4.78, 5) is 3.27. The lowest BCUT2D eigenvalue weighted by Crippen LogP contribution is -2.30. The fraction of sp³-hybridized carbons (Fsp3) is 0.400. The van der Waals surface area contributed by atoms with Crippen LogP contribution in [0.2, 0.25) is 0 Å². The monoisotopic (exact) mass is 238 g/mol. The average Bonchev–Trinajstić information content (AvgIpc) is 2.88. The summed E-state index contributed by atoms with van der Waals surface area (Å²) in [6.07, 6.45) is 0.955. The van der Waals surface area contributed by atoms with Crippen LogP contribution >= 0.6 is 11.3 Å². The van der Waals surface area contributed by atoms with Crippen molar-refractivity contribution in [3.05, 3.63) is 22.4 Å². The highest BCUT2D eigenvalue weighted by Crippen LogP contribution is 2.18. The molecule has 0 aromatic carbocycles. The molecule has 0 bridgehead atoms. The zero-order valence-corrected chi connectivity index (χ0v) is 10.1. The van der Waals surface area contributed by atoms with Gasteiger partial charge in [0.2, 0.25) is 0 Å². The molecule has 0 radical (unpaired) electrons. The highest BCUT2D eigenvalue weighted by atomic mass is 32.1. The molecule has 6 heteroatoms. The molecule has 0 aliphatic heterocycles. The molecule has 2 aromatic heterocycles. The third kappa shape index (κ3) is 2.33. The predicted octanol–water partition coefficient (Wildman–Crippen LogP) is 1.78. The third-order valence-corrected chi connectivity index (χ3v) is 3.37. The minimum atomic E-state index is 0.102. The van der Waals surface area contributed by atoms with E-state index in [1.54, 1.807) is 11.3 Å². The molecule has 2 rings (SSSR count). The first-order chi connectivity index (χ1) is 7.66. The number of anilines is 2.